The van der Waals surface area contributed by atoms with Crippen molar-refractivity contribution in [3.8, 4) is 0 Å². The molecule has 3 rings (SSSR count). The first-order valence-electron chi connectivity index (χ1n) is 8.13. The Kier molecular flexibility index (Phi) is 4.37. The van der Waals surface area contributed by atoms with Gasteiger partial charge in [-0.2, -0.15) is 0 Å². The first-order valence-corrected chi connectivity index (χ1v) is 9.22. The minimum Gasteiger partial charge on any atom is -0.296 e. The van der Waals surface area contributed by atoms with Gasteiger partial charge in [0.1, 0.15) is 0 Å². The van der Waals surface area contributed by atoms with Crippen LogP contribution in [0.3, 0.4) is 0 Å². The standard InChI is InChI=1S/C20H20NOP/c1-21(17-18-11-5-2-6-12-18)23(22,19-13-7-3-8-14-19)20-15-9-4-10-16-20/h2-16H,17H2,1H3/i17D. The molecule has 0 N–H and O–H groups in total. The summed E-state index contributed by atoms with van der Waals surface area (Å²) in [6.45, 7) is -0.711. The SMILES string of the molecule is [2H]C(c1ccccc1)N(C)P(=O)(c1ccccc1)c1ccccc1. The molecule has 0 aliphatic carbocycles. The van der Waals surface area contributed by atoms with Crippen LogP contribution in [0.1, 0.15) is 6.93 Å². The summed E-state index contributed by atoms with van der Waals surface area (Å²) in [4.78, 5) is 0. The van der Waals surface area contributed by atoms with Crippen molar-refractivity contribution in [2.75, 3.05) is 7.05 Å². The van der Waals surface area contributed by atoms with Crippen LogP contribution < -0.4 is 10.6 Å². The highest BCUT2D eigenvalue weighted by Crippen LogP contribution is 2.47. The Morgan fingerprint density at radius 3 is 1.61 bits per heavy atom. The average Bonchev–Trinajstić information content (AvgIpc) is 2.68. The molecule has 23 heavy (non-hydrogen) atoms. The summed E-state index contributed by atoms with van der Waals surface area (Å²) in [7, 11) is -1.32. The van der Waals surface area contributed by atoms with E-state index in [1.165, 1.54) is 0 Å². The molecule has 0 radical (unpaired) electrons. The fourth-order valence-electron chi connectivity index (χ4n) is 2.61. The van der Waals surface area contributed by atoms with Gasteiger partial charge in [-0.15, -0.1) is 0 Å². The van der Waals surface area contributed by atoms with E-state index in [9.17, 15) is 4.57 Å². The van der Waals surface area contributed by atoms with Gasteiger partial charge in [-0.25, -0.2) is 4.67 Å². The van der Waals surface area contributed by atoms with Crippen LogP contribution in [0.15, 0.2) is 91.0 Å². The molecule has 0 spiro atoms. The van der Waals surface area contributed by atoms with Crippen molar-refractivity contribution in [1.29, 1.82) is 0 Å². The number of nitrogens with zero attached hydrogens (tertiary/aromatic N) is 1. The van der Waals surface area contributed by atoms with Crippen LogP contribution in [0.25, 0.3) is 0 Å². The fraction of sp³-hybridized carbons (Fsp3) is 0.100. The minimum atomic E-state index is -3.09. The highest BCUT2D eigenvalue weighted by molar-refractivity contribution is 7.76. The molecule has 3 heteroatoms. The molecule has 0 fully saturated rings. The lowest BCUT2D eigenvalue weighted by Gasteiger charge is -2.29. The van der Waals surface area contributed by atoms with Crippen LogP contribution in [0.5, 0.6) is 0 Å². The summed E-state index contributed by atoms with van der Waals surface area (Å²) in [5.41, 5.74) is 0.826. The van der Waals surface area contributed by atoms with E-state index in [0.717, 1.165) is 16.2 Å². The average molecular weight is 322 g/mol. The topological polar surface area (TPSA) is 20.3 Å². The third kappa shape index (κ3) is 3.29. The summed E-state index contributed by atoms with van der Waals surface area (Å²) in [6, 6.07) is 28.4. The molecule has 1 atom stereocenters. The van der Waals surface area contributed by atoms with Gasteiger partial charge in [0.15, 0.2) is 0 Å². The molecule has 0 aliphatic heterocycles. The van der Waals surface area contributed by atoms with E-state index < -0.39 is 13.8 Å². The van der Waals surface area contributed by atoms with Crippen LogP contribution in [0, 0.1) is 0 Å². The zero-order chi connectivity index (χ0) is 17.0. The van der Waals surface area contributed by atoms with E-state index in [-0.39, 0.29) is 0 Å². The number of rotatable bonds is 5. The maximum atomic E-state index is 14.1. The quantitative estimate of drug-likeness (QED) is 0.661. The summed E-state index contributed by atoms with van der Waals surface area (Å²) in [5, 5.41) is 1.48. The molecular formula is C20H20NOP. The summed E-state index contributed by atoms with van der Waals surface area (Å²) in [5.74, 6) is 0. The Morgan fingerprint density at radius 1 is 0.783 bits per heavy atom. The maximum Gasteiger partial charge on any atom is 0.207 e. The lowest BCUT2D eigenvalue weighted by atomic mass is 10.2. The van der Waals surface area contributed by atoms with Crippen LogP contribution in [-0.4, -0.2) is 11.7 Å². The number of hydrogen-bond donors (Lipinski definition) is 0. The van der Waals surface area contributed by atoms with Crippen LogP contribution >= 0.6 is 7.29 Å². The maximum absolute atomic E-state index is 14.1. The Balaban J connectivity index is 2.11. The second-order valence-electron chi connectivity index (χ2n) is 5.36. The smallest absolute Gasteiger partial charge is 0.207 e. The van der Waals surface area contributed by atoms with Gasteiger partial charge in [-0.1, -0.05) is 66.7 Å². The molecule has 1 unspecified atom stereocenters. The van der Waals surface area contributed by atoms with Crippen molar-refractivity contribution in [2.45, 2.75) is 6.52 Å². The number of benzene rings is 3. The molecule has 0 saturated carbocycles. The summed E-state index contributed by atoms with van der Waals surface area (Å²) < 4.78 is 24.5. The van der Waals surface area contributed by atoms with Gasteiger partial charge in [0.05, 0.1) is 0 Å². The van der Waals surface area contributed by atoms with Gasteiger partial charge in [0.2, 0.25) is 7.29 Å². The van der Waals surface area contributed by atoms with Gasteiger partial charge in [0.25, 0.3) is 0 Å². The zero-order valence-corrected chi connectivity index (χ0v) is 13.9. The molecule has 116 valence electrons. The monoisotopic (exact) mass is 322 g/mol. The van der Waals surface area contributed by atoms with Crippen molar-refractivity contribution in [3.63, 3.8) is 0 Å². The summed E-state index contributed by atoms with van der Waals surface area (Å²) >= 11 is 0. The van der Waals surface area contributed by atoms with Crippen LogP contribution in [0.4, 0.5) is 0 Å². The minimum absolute atomic E-state index is 0.711. The largest absolute Gasteiger partial charge is 0.296 e. The number of hydrogen-bond acceptors (Lipinski definition) is 1. The predicted molar refractivity (Wildman–Crippen MR) is 97.7 cm³/mol. The molecule has 3 aromatic rings. The van der Waals surface area contributed by atoms with E-state index in [0.29, 0.717) is 0 Å². The van der Waals surface area contributed by atoms with E-state index in [1.54, 1.807) is 11.7 Å². The van der Waals surface area contributed by atoms with E-state index in [1.807, 2.05) is 91.0 Å². The lowest BCUT2D eigenvalue weighted by Crippen LogP contribution is -2.29. The van der Waals surface area contributed by atoms with Gasteiger partial charge >= 0.3 is 0 Å². The zero-order valence-electron chi connectivity index (χ0n) is 14.0. The molecule has 0 aromatic heterocycles. The molecule has 0 aliphatic rings. The van der Waals surface area contributed by atoms with Gasteiger partial charge in [-0.3, -0.25) is 4.57 Å². The molecule has 0 amide bonds. The highest BCUT2D eigenvalue weighted by Gasteiger charge is 2.31. The Labute approximate surface area is 139 Å². The molecule has 0 heterocycles. The highest BCUT2D eigenvalue weighted by atomic mass is 31.2. The molecule has 0 saturated heterocycles. The Morgan fingerprint density at radius 2 is 1.17 bits per heavy atom. The third-order valence-corrected chi connectivity index (χ3v) is 6.79. The first kappa shape index (κ1) is 14.4. The molecular weight excluding hydrogens is 301 g/mol. The van der Waals surface area contributed by atoms with Crippen LogP contribution in [-0.2, 0) is 11.1 Å². The van der Waals surface area contributed by atoms with Crippen molar-refractivity contribution in [2.24, 2.45) is 0 Å². The normalized spacial score (nSPS) is 13.6. The Bertz CT molecular complexity index is 781. The van der Waals surface area contributed by atoms with Crippen LogP contribution in [0.2, 0.25) is 0 Å². The lowest BCUT2D eigenvalue weighted by molar-refractivity contribution is 0.481. The van der Waals surface area contributed by atoms with E-state index in [2.05, 4.69) is 0 Å². The summed E-state index contributed by atoms with van der Waals surface area (Å²) in [6.07, 6.45) is 0. The van der Waals surface area contributed by atoms with E-state index in [4.69, 9.17) is 1.37 Å². The van der Waals surface area contributed by atoms with Crippen molar-refractivity contribution >= 4 is 17.9 Å². The molecule has 2 nitrogen and oxygen atoms in total. The van der Waals surface area contributed by atoms with E-state index >= 15 is 0 Å². The van der Waals surface area contributed by atoms with Crippen molar-refractivity contribution in [3.05, 3.63) is 96.6 Å². The third-order valence-electron chi connectivity index (χ3n) is 3.79. The second-order valence-corrected chi connectivity index (χ2v) is 8.18. The Hall–Kier alpha value is -2.15. The second kappa shape index (κ2) is 6.95. The predicted octanol–water partition coefficient (Wildman–Crippen LogP) is 4.05. The fourth-order valence-corrected chi connectivity index (χ4v) is 5.08. The molecule has 0 bridgehead atoms. The van der Waals surface area contributed by atoms with Crippen molar-refractivity contribution < 1.29 is 5.94 Å². The first-order chi connectivity index (χ1) is 11.6. The van der Waals surface area contributed by atoms with Crippen molar-refractivity contribution in [1.82, 2.24) is 4.67 Å². The molecule has 3 aromatic carbocycles. The van der Waals surface area contributed by atoms with Gasteiger partial charge in [-0.05, 0) is 36.9 Å². The van der Waals surface area contributed by atoms with Gasteiger partial charge in [0, 0.05) is 18.5 Å². The van der Waals surface area contributed by atoms with Gasteiger partial charge < -0.3 is 0 Å².